The molecule has 0 aromatic heterocycles. The average Bonchev–Trinajstić information content (AvgIpc) is 3.50. The number of cyclic esters (lactones) is 1. The van der Waals surface area contributed by atoms with E-state index in [2.05, 4.69) is 12.1 Å². The van der Waals surface area contributed by atoms with Gasteiger partial charge in [-0.2, -0.15) is 0 Å². The monoisotopic (exact) mass is 504 g/mol. The van der Waals surface area contributed by atoms with Crippen LogP contribution in [0.3, 0.4) is 0 Å². The number of thioether (sulfide) groups is 2. The summed E-state index contributed by atoms with van der Waals surface area (Å²) in [5.74, 6) is 4.80. The lowest BCUT2D eigenvalue weighted by Crippen LogP contribution is -2.37. The van der Waals surface area contributed by atoms with Crippen molar-refractivity contribution in [2.75, 3.05) is 46.2 Å². The van der Waals surface area contributed by atoms with Crippen LogP contribution in [0.4, 0.5) is 0 Å². The lowest BCUT2D eigenvalue weighted by molar-refractivity contribution is -0.141. The summed E-state index contributed by atoms with van der Waals surface area (Å²) in [7, 11) is 4.77. The van der Waals surface area contributed by atoms with Crippen LogP contribution in [0.15, 0.2) is 30.3 Å². The molecule has 0 spiro atoms. The van der Waals surface area contributed by atoms with Crippen molar-refractivity contribution in [2.45, 2.75) is 16.9 Å². The molecule has 0 radical (unpaired) electrons. The Morgan fingerprint density at radius 2 is 1.65 bits per heavy atom. The Labute approximate surface area is 207 Å². The Balaban J connectivity index is 1.51. The molecule has 7 nitrogen and oxygen atoms in total. The normalized spacial score (nSPS) is 22.9. The number of hydrogen-bond acceptors (Lipinski definition) is 9. The van der Waals surface area contributed by atoms with Crippen LogP contribution >= 0.6 is 23.5 Å². The first-order chi connectivity index (χ1) is 16.6. The number of fused-ring (bicyclic) bond motifs is 1. The van der Waals surface area contributed by atoms with Gasteiger partial charge in [-0.25, -0.2) is 0 Å². The summed E-state index contributed by atoms with van der Waals surface area (Å²) in [5, 5.41) is 0. The minimum Gasteiger partial charge on any atom is -0.493 e. The van der Waals surface area contributed by atoms with E-state index >= 15 is 0 Å². The molecule has 2 aromatic carbocycles. The van der Waals surface area contributed by atoms with E-state index in [0.29, 0.717) is 30.3 Å². The quantitative estimate of drug-likeness (QED) is 0.507. The van der Waals surface area contributed by atoms with E-state index < -0.39 is 0 Å². The van der Waals surface area contributed by atoms with Gasteiger partial charge in [0.15, 0.2) is 23.0 Å². The third kappa shape index (κ3) is 4.02. The highest BCUT2D eigenvalue weighted by molar-refractivity contribution is 8.18. The average molecular weight is 505 g/mol. The molecule has 3 aliphatic rings. The number of carbonyl (C=O) groups excluding carboxylic acids is 1. The van der Waals surface area contributed by atoms with Crippen molar-refractivity contribution >= 4 is 29.5 Å². The summed E-state index contributed by atoms with van der Waals surface area (Å²) in [4.78, 5) is 13.1. The predicted molar refractivity (Wildman–Crippen MR) is 132 cm³/mol. The molecule has 2 fully saturated rings. The standard InChI is InChI=1S/C25H28O7S2/c1-27-21-10-15(11-22(28-2)23(21)29-3)9-17-18(13-30-24(17)26)25(33-7-4-8-34-25)16-5-6-19-20(12-16)32-14-31-19/h5-6,10-12,17-18H,4,7-9,13-14H2,1-3H3. The second-order valence-electron chi connectivity index (χ2n) is 8.37. The molecule has 182 valence electrons. The van der Waals surface area contributed by atoms with Gasteiger partial charge in [-0.3, -0.25) is 4.79 Å². The molecule has 2 atom stereocenters. The SMILES string of the molecule is COc1cc(CC2C(=O)OCC2C2(c3ccc4c(c3)OCO4)SCCCS2)cc(OC)c1OC. The van der Waals surface area contributed by atoms with Gasteiger partial charge in [-0.1, -0.05) is 6.07 Å². The molecule has 2 saturated heterocycles. The van der Waals surface area contributed by atoms with Crippen LogP contribution in [-0.2, 0) is 20.0 Å². The highest BCUT2D eigenvalue weighted by Crippen LogP contribution is 2.60. The van der Waals surface area contributed by atoms with E-state index in [1.807, 2.05) is 41.7 Å². The molecule has 0 N–H and O–H groups in total. The molecule has 2 aromatic rings. The third-order valence-electron chi connectivity index (χ3n) is 6.56. The highest BCUT2D eigenvalue weighted by atomic mass is 32.2. The highest BCUT2D eigenvalue weighted by Gasteiger charge is 2.53. The van der Waals surface area contributed by atoms with E-state index in [4.69, 9.17) is 28.4 Å². The molecule has 0 aliphatic carbocycles. The van der Waals surface area contributed by atoms with Gasteiger partial charge < -0.3 is 28.4 Å². The number of methoxy groups -OCH3 is 3. The fraction of sp³-hybridized carbons (Fsp3) is 0.480. The van der Waals surface area contributed by atoms with E-state index in [9.17, 15) is 4.79 Å². The fourth-order valence-corrected chi connectivity index (χ4v) is 8.60. The first-order valence-corrected chi connectivity index (χ1v) is 13.2. The summed E-state index contributed by atoms with van der Waals surface area (Å²) in [6.07, 6.45) is 1.66. The minimum absolute atomic E-state index is 0.00485. The molecule has 5 rings (SSSR count). The topological polar surface area (TPSA) is 72.5 Å². The van der Waals surface area contributed by atoms with Gasteiger partial charge in [-0.05, 0) is 59.7 Å². The Bertz CT molecular complexity index is 1040. The van der Waals surface area contributed by atoms with Crippen molar-refractivity contribution in [2.24, 2.45) is 11.8 Å². The number of carbonyl (C=O) groups is 1. The van der Waals surface area contributed by atoms with Gasteiger partial charge >= 0.3 is 5.97 Å². The van der Waals surface area contributed by atoms with Crippen LogP contribution < -0.4 is 23.7 Å². The van der Waals surface area contributed by atoms with Crippen LogP contribution in [0.5, 0.6) is 28.7 Å². The number of esters is 1. The van der Waals surface area contributed by atoms with Gasteiger partial charge in [0, 0.05) is 5.92 Å². The molecule has 0 amide bonds. The van der Waals surface area contributed by atoms with Gasteiger partial charge in [0.25, 0.3) is 0 Å². The van der Waals surface area contributed by atoms with Crippen molar-refractivity contribution in [3.8, 4) is 28.7 Å². The first kappa shape index (κ1) is 23.4. The molecule has 0 saturated carbocycles. The van der Waals surface area contributed by atoms with Crippen LogP contribution in [0.1, 0.15) is 17.5 Å². The Morgan fingerprint density at radius 1 is 0.941 bits per heavy atom. The molecule has 0 bridgehead atoms. The summed E-state index contributed by atoms with van der Waals surface area (Å²) in [6.45, 7) is 0.628. The second kappa shape index (κ2) is 9.70. The largest absolute Gasteiger partial charge is 0.493 e. The van der Waals surface area contributed by atoms with Crippen molar-refractivity contribution in [1.29, 1.82) is 0 Å². The van der Waals surface area contributed by atoms with Gasteiger partial charge in [-0.15, -0.1) is 23.5 Å². The van der Waals surface area contributed by atoms with E-state index in [1.165, 1.54) is 0 Å². The molecule has 3 heterocycles. The number of ether oxygens (including phenoxy) is 6. The maximum Gasteiger partial charge on any atom is 0.309 e. The lowest BCUT2D eigenvalue weighted by atomic mass is 9.83. The Hall–Kier alpha value is -2.39. The fourth-order valence-electron chi connectivity index (χ4n) is 4.92. The van der Waals surface area contributed by atoms with E-state index in [-0.39, 0.29) is 28.7 Å². The Kier molecular flexibility index (Phi) is 6.66. The molecular formula is C25H28O7S2. The summed E-state index contributed by atoms with van der Waals surface area (Å²) < 4.78 is 33.1. The van der Waals surface area contributed by atoms with Crippen molar-refractivity contribution in [1.82, 2.24) is 0 Å². The van der Waals surface area contributed by atoms with Crippen LogP contribution in [0, 0.1) is 11.8 Å². The number of hydrogen-bond donors (Lipinski definition) is 0. The van der Waals surface area contributed by atoms with Gasteiger partial charge in [0.1, 0.15) is 0 Å². The first-order valence-electron chi connectivity index (χ1n) is 11.2. The van der Waals surface area contributed by atoms with Crippen molar-refractivity contribution in [3.63, 3.8) is 0 Å². The third-order valence-corrected chi connectivity index (χ3v) is 10.2. The summed E-state index contributed by atoms with van der Waals surface area (Å²) in [5.41, 5.74) is 2.08. The van der Waals surface area contributed by atoms with Crippen molar-refractivity contribution < 1.29 is 33.2 Å². The van der Waals surface area contributed by atoms with E-state index in [0.717, 1.165) is 40.6 Å². The zero-order valence-electron chi connectivity index (χ0n) is 19.5. The minimum atomic E-state index is -0.309. The maximum absolute atomic E-state index is 13.1. The molecule has 9 heteroatoms. The summed E-state index contributed by atoms with van der Waals surface area (Å²) in [6, 6.07) is 9.99. The van der Waals surface area contributed by atoms with Crippen LogP contribution in [0.2, 0.25) is 0 Å². The molecule has 3 aliphatic heterocycles. The van der Waals surface area contributed by atoms with Crippen LogP contribution in [-0.4, -0.2) is 52.2 Å². The van der Waals surface area contributed by atoms with Gasteiger partial charge in [0.2, 0.25) is 12.5 Å². The zero-order chi connectivity index (χ0) is 23.7. The second-order valence-corrected chi connectivity index (χ2v) is 11.3. The van der Waals surface area contributed by atoms with Crippen LogP contribution in [0.25, 0.3) is 0 Å². The number of rotatable bonds is 7. The molecule has 34 heavy (non-hydrogen) atoms. The smallest absolute Gasteiger partial charge is 0.309 e. The molecular weight excluding hydrogens is 476 g/mol. The molecule has 2 unspecified atom stereocenters. The predicted octanol–water partition coefficient (Wildman–Crippen LogP) is 4.50. The Morgan fingerprint density at radius 3 is 2.32 bits per heavy atom. The van der Waals surface area contributed by atoms with Gasteiger partial charge in [0.05, 0.1) is 37.9 Å². The number of benzene rings is 2. The summed E-state index contributed by atoms with van der Waals surface area (Å²) >= 11 is 3.82. The maximum atomic E-state index is 13.1. The van der Waals surface area contributed by atoms with Crippen molar-refractivity contribution in [3.05, 3.63) is 41.5 Å². The lowest BCUT2D eigenvalue weighted by Gasteiger charge is -2.42. The zero-order valence-corrected chi connectivity index (χ0v) is 21.1. The van der Waals surface area contributed by atoms with E-state index in [1.54, 1.807) is 21.3 Å².